The minimum absolute atomic E-state index is 0.0472. The van der Waals surface area contributed by atoms with Crippen molar-refractivity contribution in [3.05, 3.63) is 50.7 Å². The van der Waals surface area contributed by atoms with Gasteiger partial charge in [0.25, 0.3) is 5.56 Å². The number of hydrogen-bond acceptors (Lipinski definition) is 6. The lowest BCUT2D eigenvalue weighted by Crippen LogP contribution is -2.38. The molecule has 0 aliphatic rings. The molecule has 160 valence electrons. The molecule has 1 aromatic carbocycles. The van der Waals surface area contributed by atoms with E-state index in [2.05, 4.69) is 4.98 Å². The Labute approximate surface area is 166 Å². The molecule has 0 aliphatic heterocycles. The van der Waals surface area contributed by atoms with Crippen LogP contribution in [0, 0.1) is 0 Å². The number of sulfone groups is 1. The van der Waals surface area contributed by atoms with Crippen LogP contribution in [-0.2, 0) is 22.9 Å². The predicted octanol–water partition coefficient (Wildman–Crippen LogP) is 1.94. The Morgan fingerprint density at radius 2 is 1.79 bits per heavy atom. The van der Waals surface area contributed by atoms with Crippen LogP contribution >= 0.6 is 0 Å². The lowest BCUT2D eigenvalue weighted by Gasteiger charge is -2.25. The molecule has 0 aliphatic carbocycles. The minimum Gasteiger partial charge on any atom is -0.383 e. The number of halogens is 2. The van der Waals surface area contributed by atoms with Gasteiger partial charge in [-0.3, -0.25) is 14.3 Å². The zero-order chi connectivity index (χ0) is 21.8. The molecule has 2 aromatic rings. The molecular weight excluding hydrogens is 406 g/mol. The zero-order valence-corrected chi connectivity index (χ0v) is 17.0. The summed E-state index contributed by atoms with van der Waals surface area (Å²) in [6.45, 7) is 4.66. The maximum Gasteiger partial charge on any atom is 0.341 e. The third-order valence-corrected chi connectivity index (χ3v) is 5.91. The molecule has 3 N–H and O–H groups in total. The van der Waals surface area contributed by atoms with Gasteiger partial charge in [0, 0.05) is 19.6 Å². The van der Waals surface area contributed by atoms with Crippen LogP contribution in [0.4, 0.5) is 20.3 Å². The normalized spacial score (nSPS) is 11.8. The van der Waals surface area contributed by atoms with Crippen LogP contribution in [0.5, 0.6) is 0 Å². The standard InChI is InChI=1S/C18H24F2N4O4S/c1-3-5-10-24-15(21)14(16(25)22-18(24)26)23(4-2)11-12-6-8-13(9-7-12)29(27,28)17(19)20/h6-9,17H,3-5,10-11,21H2,1-2H3,(H,22,25,26). The quantitative estimate of drug-likeness (QED) is 0.628. The molecule has 0 unspecified atom stereocenters. The van der Waals surface area contributed by atoms with Crippen LogP contribution in [-0.4, -0.2) is 30.3 Å². The van der Waals surface area contributed by atoms with Gasteiger partial charge in [0.05, 0.1) is 4.90 Å². The largest absolute Gasteiger partial charge is 0.383 e. The van der Waals surface area contributed by atoms with E-state index >= 15 is 0 Å². The van der Waals surface area contributed by atoms with E-state index in [9.17, 15) is 26.8 Å². The molecule has 0 saturated carbocycles. The van der Waals surface area contributed by atoms with Crippen molar-refractivity contribution in [1.29, 1.82) is 0 Å². The Morgan fingerprint density at radius 1 is 1.17 bits per heavy atom. The summed E-state index contributed by atoms with van der Waals surface area (Å²) in [5, 5.41) is 0. The molecule has 0 radical (unpaired) electrons. The summed E-state index contributed by atoms with van der Waals surface area (Å²) in [7, 11) is -4.67. The van der Waals surface area contributed by atoms with Crippen molar-refractivity contribution in [1.82, 2.24) is 9.55 Å². The number of nitrogens with zero attached hydrogens (tertiary/aromatic N) is 2. The Morgan fingerprint density at radius 3 is 2.31 bits per heavy atom. The molecule has 1 heterocycles. The van der Waals surface area contributed by atoms with Crippen molar-refractivity contribution in [3.8, 4) is 0 Å². The van der Waals surface area contributed by atoms with Crippen LogP contribution in [0.3, 0.4) is 0 Å². The Kier molecular flexibility index (Phi) is 7.17. The molecule has 0 saturated heterocycles. The van der Waals surface area contributed by atoms with Gasteiger partial charge in [-0.25, -0.2) is 13.2 Å². The number of alkyl halides is 2. The van der Waals surface area contributed by atoms with Gasteiger partial charge in [-0.1, -0.05) is 25.5 Å². The molecular formula is C18H24F2N4O4S. The van der Waals surface area contributed by atoms with Crippen LogP contribution < -0.4 is 21.9 Å². The van der Waals surface area contributed by atoms with Gasteiger partial charge in [-0.05, 0) is 31.0 Å². The van der Waals surface area contributed by atoms with Crippen molar-refractivity contribution >= 4 is 21.3 Å². The van der Waals surface area contributed by atoms with Gasteiger partial charge in [-0.2, -0.15) is 8.78 Å². The second-order valence-corrected chi connectivity index (χ2v) is 8.38. The van der Waals surface area contributed by atoms with E-state index in [1.54, 1.807) is 11.8 Å². The number of benzene rings is 1. The minimum atomic E-state index is -4.67. The number of aromatic nitrogens is 2. The van der Waals surface area contributed by atoms with E-state index in [0.717, 1.165) is 18.6 Å². The molecule has 8 nitrogen and oxygen atoms in total. The molecule has 1 aromatic heterocycles. The van der Waals surface area contributed by atoms with Crippen molar-refractivity contribution in [2.45, 2.75) is 50.4 Å². The maximum atomic E-state index is 12.7. The monoisotopic (exact) mass is 430 g/mol. The number of nitrogens with one attached hydrogen (secondary N) is 1. The fourth-order valence-corrected chi connectivity index (χ4v) is 3.60. The summed E-state index contributed by atoms with van der Waals surface area (Å²) in [5.74, 6) is -3.45. The van der Waals surface area contributed by atoms with Crippen molar-refractivity contribution in [2.75, 3.05) is 17.2 Å². The fraction of sp³-hybridized carbons (Fsp3) is 0.444. The average molecular weight is 430 g/mol. The number of H-pyrrole nitrogens is 1. The van der Waals surface area contributed by atoms with Crippen LogP contribution in [0.1, 0.15) is 32.3 Å². The number of nitrogens with two attached hydrogens (primary N) is 1. The highest BCUT2D eigenvalue weighted by Gasteiger charge is 2.26. The van der Waals surface area contributed by atoms with Crippen LogP contribution in [0.15, 0.2) is 38.8 Å². The topological polar surface area (TPSA) is 118 Å². The van der Waals surface area contributed by atoms with Crippen LogP contribution in [0.25, 0.3) is 0 Å². The summed E-state index contributed by atoms with van der Waals surface area (Å²) < 4.78 is 49.7. The molecule has 0 spiro atoms. The summed E-state index contributed by atoms with van der Waals surface area (Å²) in [5.41, 5.74) is 5.62. The number of rotatable bonds is 9. The third kappa shape index (κ3) is 4.84. The first-order valence-electron chi connectivity index (χ1n) is 9.12. The highest BCUT2D eigenvalue weighted by atomic mass is 32.2. The molecule has 0 amide bonds. The van der Waals surface area contributed by atoms with Gasteiger partial charge >= 0.3 is 11.4 Å². The van der Waals surface area contributed by atoms with E-state index in [4.69, 9.17) is 5.73 Å². The average Bonchev–Trinajstić information content (AvgIpc) is 2.67. The number of aromatic amines is 1. The second-order valence-electron chi connectivity index (χ2n) is 6.46. The lowest BCUT2D eigenvalue weighted by atomic mass is 10.2. The number of hydrogen-bond donors (Lipinski definition) is 2. The first kappa shape index (κ1) is 22.6. The summed E-state index contributed by atoms with van der Waals surface area (Å²) >= 11 is 0. The van der Waals surface area contributed by atoms with Crippen molar-refractivity contribution in [2.24, 2.45) is 0 Å². The molecule has 11 heteroatoms. The van der Waals surface area contributed by atoms with Gasteiger partial charge in [-0.15, -0.1) is 0 Å². The SMILES string of the molecule is CCCCn1c(N)c(N(CC)Cc2ccc(S(=O)(=O)C(F)F)cc2)c(=O)[nH]c1=O. The summed E-state index contributed by atoms with van der Waals surface area (Å²) in [6, 6.07) is 4.99. The lowest BCUT2D eigenvalue weighted by molar-refractivity contribution is 0.234. The zero-order valence-electron chi connectivity index (χ0n) is 16.2. The second kappa shape index (κ2) is 9.21. The summed E-state index contributed by atoms with van der Waals surface area (Å²) in [4.78, 5) is 27.9. The van der Waals surface area contributed by atoms with Crippen molar-refractivity contribution < 1.29 is 17.2 Å². The predicted molar refractivity (Wildman–Crippen MR) is 107 cm³/mol. The Bertz CT molecular complexity index is 1060. The third-order valence-electron chi connectivity index (χ3n) is 4.51. The van der Waals surface area contributed by atoms with Gasteiger partial charge in [0.15, 0.2) is 0 Å². The van der Waals surface area contributed by atoms with E-state index < -0.39 is 31.7 Å². The number of nitrogen functional groups attached to an aromatic ring is 1. The molecule has 0 atom stereocenters. The molecule has 0 fully saturated rings. The highest BCUT2D eigenvalue weighted by molar-refractivity contribution is 7.91. The molecule has 2 rings (SSSR count). The molecule has 0 bridgehead atoms. The van der Waals surface area contributed by atoms with E-state index in [1.165, 1.54) is 16.7 Å². The number of unbranched alkanes of at least 4 members (excludes halogenated alkanes) is 1. The molecule has 29 heavy (non-hydrogen) atoms. The Balaban J connectivity index is 2.38. The van der Waals surface area contributed by atoms with E-state index in [-0.39, 0.29) is 18.1 Å². The first-order chi connectivity index (χ1) is 13.6. The number of anilines is 2. The first-order valence-corrected chi connectivity index (χ1v) is 10.7. The van der Waals surface area contributed by atoms with Crippen LogP contribution in [0.2, 0.25) is 0 Å². The fourth-order valence-electron chi connectivity index (χ4n) is 2.88. The summed E-state index contributed by atoms with van der Waals surface area (Å²) in [6.07, 6.45) is 1.55. The van der Waals surface area contributed by atoms with Gasteiger partial charge in [0.1, 0.15) is 11.5 Å². The van der Waals surface area contributed by atoms with Gasteiger partial charge < -0.3 is 10.6 Å². The van der Waals surface area contributed by atoms with E-state index in [0.29, 0.717) is 25.1 Å². The smallest absolute Gasteiger partial charge is 0.341 e. The maximum absolute atomic E-state index is 12.7. The van der Waals surface area contributed by atoms with Crippen molar-refractivity contribution in [3.63, 3.8) is 0 Å². The Hall–Kier alpha value is -2.69. The highest BCUT2D eigenvalue weighted by Crippen LogP contribution is 2.22. The van der Waals surface area contributed by atoms with E-state index in [1.807, 2.05) is 6.92 Å². The van der Waals surface area contributed by atoms with Gasteiger partial charge in [0.2, 0.25) is 9.84 Å².